The zero-order chi connectivity index (χ0) is 12.4. The summed E-state index contributed by atoms with van der Waals surface area (Å²) in [4.78, 5) is 11.3. The van der Waals surface area contributed by atoms with Crippen LogP contribution in [0.4, 0.5) is 0 Å². The molecule has 0 aromatic rings. The highest BCUT2D eigenvalue weighted by atomic mass is 16.6. The van der Waals surface area contributed by atoms with Crippen molar-refractivity contribution in [3.05, 3.63) is 11.8 Å². The second kappa shape index (κ2) is 5.11. The van der Waals surface area contributed by atoms with Gasteiger partial charge >= 0.3 is 5.97 Å². The first kappa shape index (κ1) is 12.5. The molecule has 2 unspecified atom stereocenters. The molecule has 3 heteroatoms. The fraction of sp³-hybridized carbons (Fsp3) is 0.786. The van der Waals surface area contributed by atoms with Crippen molar-refractivity contribution in [3.63, 3.8) is 0 Å². The lowest BCUT2D eigenvalue weighted by Crippen LogP contribution is -2.30. The fourth-order valence-electron chi connectivity index (χ4n) is 2.86. The van der Waals surface area contributed by atoms with Gasteiger partial charge in [-0.25, -0.2) is 4.79 Å². The van der Waals surface area contributed by atoms with Crippen LogP contribution in [-0.4, -0.2) is 18.7 Å². The first-order chi connectivity index (χ1) is 8.06. The number of ether oxygens (including phenoxy) is 2. The average molecular weight is 238 g/mol. The van der Waals surface area contributed by atoms with Crippen molar-refractivity contribution in [2.45, 2.75) is 46.1 Å². The molecule has 96 valence electrons. The standard InChI is InChI=1S/C14H22O3/c1-9(2)11-6-10(3)7-12(8-11)17-13-4-5-16-14(13)15/h4,9-12H,5-8H2,1-3H3/t10?,11-,12?/m1/s1. The van der Waals surface area contributed by atoms with Crippen LogP contribution in [0.5, 0.6) is 0 Å². The predicted molar refractivity (Wildman–Crippen MR) is 65.3 cm³/mol. The van der Waals surface area contributed by atoms with Gasteiger partial charge in [-0.05, 0) is 37.0 Å². The van der Waals surface area contributed by atoms with Gasteiger partial charge in [0, 0.05) is 6.08 Å². The van der Waals surface area contributed by atoms with Gasteiger partial charge in [-0.15, -0.1) is 0 Å². The molecule has 0 bridgehead atoms. The SMILES string of the molecule is CC1CC(OC2=CCOC2=O)C[C@H](C(C)C)C1. The molecule has 0 saturated heterocycles. The molecule has 0 aromatic carbocycles. The molecular weight excluding hydrogens is 216 g/mol. The lowest BCUT2D eigenvalue weighted by molar-refractivity contribution is -0.141. The van der Waals surface area contributed by atoms with Gasteiger partial charge in [0.05, 0.1) is 6.10 Å². The minimum absolute atomic E-state index is 0.183. The van der Waals surface area contributed by atoms with Crippen LogP contribution in [0.25, 0.3) is 0 Å². The topological polar surface area (TPSA) is 35.5 Å². The summed E-state index contributed by atoms with van der Waals surface area (Å²) in [5.41, 5.74) is 0. The van der Waals surface area contributed by atoms with Crippen molar-refractivity contribution in [2.75, 3.05) is 6.61 Å². The molecule has 1 heterocycles. The first-order valence-corrected chi connectivity index (χ1v) is 6.60. The smallest absolute Gasteiger partial charge is 0.373 e. The maximum absolute atomic E-state index is 11.3. The molecule has 3 atom stereocenters. The van der Waals surface area contributed by atoms with Gasteiger partial charge in [0.15, 0.2) is 0 Å². The van der Waals surface area contributed by atoms with Crippen LogP contribution in [0.1, 0.15) is 40.0 Å². The number of rotatable bonds is 3. The molecule has 1 aliphatic carbocycles. The molecule has 1 fully saturated rings. The Balaban J connectivity index is 1.94. The average Bonchev–Trinajstić information content (AvgIpc) is 2.63. The molecule has 2 rings (SSSR count). The van der Waals surface area contributed by atoms with Gasteiger partial charge in [0.2, 0.25) is 5.76 Å². The zero-order valence-corrected chi connectivity index (χ0v) is 10.9. The van der Waals surface area contributed by atoms with Crippen molar-refractivity contribution in [2.24, 2.45) is 17.8 Å². The van der Waals surface area contributed by atoms with Crippen molar-refractivity contribution in [1.82, 2.24) is 0 Å². The van der Waals surface area contributed by atoms with Gasteiger partial charge in [0.25, 0.3) is 0 Å². The van der Waals surface area contributed by atoms with Crippen LogP contribution >= 0.6 is 0 Å². The van der Waals surface area contributed by atoms with E-state index < -0.39 is 0 Å². The number of esters is 1. The van der Waals surface area contributed by atoms with Crippen molar-refractivity contribution < 1.29 is 14.3 Å². The summed E-state index contributed by atoms with van der Waals surface area (Å²) in [6.07, 6.45) is 5.32. The molecule has 0 amide bonds. The Morgan fingerprint density at radius 1 is 1.35 bits per heavy atom. The highest BCUT2D eigenvalue weighted by molar-refractivity contribution is 5.88. The minimum Gasteiger partial charge on any atom is -0.483 e. The van der Waals surface area contributed by atoms with Crippen LogP contribution in [0, 0.1) is 17.8 Å². The Morgan fingerprint density at radius 2 is 2.12 bits per heavy atom. The lowest BCUT2D eigenvalue weighted by atomic mass is 9.75. The van der Waals surface area contributed by atoms with E-state index in [0.29, 0.717) is 30.1 Å². The largest absolute Gasteiger partial charge is 0.483 e. The Kier molecular flexibility index (Phi) is 3.75. The molecule has 0 spiro atoms. The normalized spacial score (nSPS) is 33.5. The summed E-state index contributed by atoms with van der Waals surface area (Å²) in [5, 5.41) is 0. The van der Waals surface area contributed by atoms with Gasteiger partial charge < -0.3 is 9.47 Å². The lowest BCUT2D eigenvalue weighted by Gasteiger charge is -2.35. The summed E-state index contributed by atoms with van der Waals surface area (Å²) in [7, 11) is 0. The molecule has 1 saturated carbocycles. The van der Waals surface area contributed by atoms with E-state index in [1.165, 1.54) is 6.42 Å². The van der Waals surface area contributed by atoms with E-state index in [-0.39, 0.29) is 12.1 Å². The van der Waals surface area contributed by atoms with Crippen LogP contribution in [0.15, 0.2) is 11.8 Å². The Labute approximate surface area is 103 Å². The summed E-state index contributed by atoms with van der Waals surface area (Å²) >= 11 is 0. The van der Waals surface area contributed by atoms with Gasteiger partial charge in [-0.3, -0.25) is 0 Å². The summed E-state index contributed by atoms with van der Waals surface area (Å²) in [6, 6.07) is 0. The number of cyclic esters (lactones) is 1. The number of hydrogen-bond donors (Lipinski definition) is 0. The third-order valence-electron chi connectivity index (χ3n) is 3.86. The minimum atomic E-state index is -0.302. The maximum atomic E-state index is 11.3. The maximum Gasteiger partial charge on any atom is 0.373 e. The molecule has 0 aromatic heterocycles. The summed E-state index contributed by atoms with van der Waals surface area (Å²) in [5.74, 6) is 2.20. The highest BCUT2D eigenvalue weighted by Gasteiger charge is 2.31. The third kappa shape index (κ3) is 3.02. The molecular formula is C14H22O3. The van der Waals surface area contributed by atoms with E-state index in [1.807, 2.05) is 0 Å². The third-order valence-corrected chi connectivity index (χ3v) is 3.86. The predicted octanol–water partition coefficient (Wildman–Crippen LogP) is 2.90. The molecule has 3 nitrogen and oxygen atoms in total. The van der Waals surface area contributed by atoms with E-state index in [0.717, 1.165) is 12.8 Å². The molecule has 2 aliphatic rings. The summed E-state index contributed by atoms with van der Waals surface area (Å²) < 4.78 is 10.7. The van der Waals surface area contributed by atoms with E-state index >= 15 is 0 Å². The van der Waals surface area contributed by atoms with Gasteiger partial charge in [0.1, 0.15) is 6.61 Å². The second-order valence-electron chi connectivity index (χ2n) is 5.72. The first-order valence-electron chi connectivity index (χ1n) is 6.60. The van der Waals surface area contributed by atoms with E-state index in [1.54, 1.807) is 6.08 Å². The van der Waals surface area contributed by atoms with Gasteiger partial charge in [-0.1, -0.05) is 20.8 Å². The Morgan fingerprint density at radius 3 is 2.71 bits per heavy atom. The van der Waals surface area contributed by atoms with Crippen LogP contribution < -0.4 is 0 Å². The van der Waals surface area contributed by atoms with E-state index in [2.05, 4.69) is 20.8 Å². The molecule has 1 aliphatic heterocycles. The van der Waals surface area contributed by atoms with Crippen molar-refractivity contribution >= 4 is 5.97 Å². The Hall–Kier alpha value is -0.990. The van der Waals surface area contributed by atoms with Crippen LogP contribution in [-0.2, 0) is 14.3 Å². The fourth-order valence-corrected chi connectivity index (χ4v) is 2.86. The molecule has 17 heavy (non-hydrogen) atoms. The van der Waals surface area contributed by atoms with Crippen LogP contribution in [0.3, 0.4) is 0 Å². The number of hydrogen-bond acceptors (Lipinski definition) is 3. The molecule has 0 radical (unpaired) electrons. The van der Waals surface area contributed by atoms with Gasteiger partial charge in [-0.2, -0.15) is 0 Å². The van der Waals surface area contributed by atoms with E-state index in [9.17, 15) is 4.79 Å². The monoisotopic (exact) mass is 238 g/mol. The van der Waals surface area contributed by atoms with E-state index in [4.69, 9.17) is 9.47 Å². The van der Waals surface area contributed by atoms with Crippen LogP contribution in [0.2, 0.25) is 0 Å². The Bertz CT molecular complexity index is 319. The number of carbonyl (C=O) groups excluding carboxylic acids is 1. The van der Waals surface area contributed by atoms with Crippen molar-refractivity contribution in [3.8, 4) is 0 Å². The summed E-state index contributed by atoms with van der Waals surface area (Å²) in [6.45, 7) is 7.17. The quantitative estimate of drug-likeness (QED) is 0.709. The van der Waals surface area contributed by atoms with Crippen molar-refractivity contribution in [1.29, 1.82) is 0 Å². The molecule has 0 N–H and O–H groups in total. The second-order valence-corrected chi connectivity index (χ2v) is 5.72. The highest BCUT2D eigenvalue weighted by Crippen LogP contribution is 2.36. The number of carbonyl (C=O) groups is 1. The zero-order valence-electron chi connectivity index (χ0n) is 10.9.